The molecule has 2 N–H and O–H groups in total. The van der Waals surface area contributed by atoms with Crippen LogP contribution in [0.5, 0.6) is 0 Å². The van der Waals surface area contributed by atoms with Gasteiger partial charge in [-0.15, -0.1) is 0 Å². The molecule has 0 aliphatic heterocycles. The van der Waals surface area contributed by atoms with Gasteiger partial charge in [-0.3, -0.25) is 0 Å². The summed E-state index contributed by atoms with van der Waals surface area (Å²) in [5.41, 5.74) is 0.703. The summed E-state index contributed by atoms with van der Waals surface area (Å²) in [6, 6.07) is 5.80. The van der Waals surface area contributed by atoms with Crippen LogP contribution in [-0.4, -0.2) is 16.7 Å². The lowest BCUT2D eigenvalue weighted by atomic mass is 9.98. The minimum Gasteiger partial charge on any atom is -0.392 e. The Hall–Kier alpha value is -0.0900. The number of halogens is 2. The number of rotatable bonds is 4. The Bertz CT molecular complexity index is 366. The number of hydrogen-bond acceptors (Lipinski definition) is 2. The maximum absolute atomic E-state index is 9.57. The third-order valence-electron chi connectivity index (χ3n) is 2.79. The molecule has 0 radical (unpaired) electrons. The molecule has 0 spiro atoms. The van der Waals surface area contributed by atoms with Crippen molar-refractivity contribution in [3.8, 4) is 0 Å². The Balaban J connectivity index is 2.68. The molecule has 1 rings (SSSR count). The zero-order valence-electron chi connectivity index (χ0n) is 9.72. The van der Waals surface area contributed by atoms with Gasteiger partial charge in [0.2, 0.25) is 0 Å². The largest absolute Gasteiger partial charge is 0.392 e. The van der Waals surface area contributed by atoms with Gasteiger partial charge in [0.1, 0.15) is 0 Å². The van der Waals surface area contributed by atoms with Crippen LogP contribution >= 0.6 is 27.5 Å². The van der Waals surface area contributed by atoms with Crippen molar-refractivity contribution in [2.24, 2.45) is 0 Å². The Morgan fingerprint density at radius 2 is 2.12 bits per heavy atom. The molecule has 0 aromatic heterocycles. The molecule has 0 aliphatic carbocycles. The van der Waals surface area contributed by atoms with E-state index in [1.54, 1.807) is 6.92 Å². The topological polar surface area (TPSA) is 32.3 Å². The molecule has 1 aromatic rings. The lowest BCUT2D eigenvalue weighted by Gasteiger charge is -2.29. The molecular formula is C12H17BrClNO. The predicted molar refractivity (Wildman–Crippen MR) is 71.8 cm³/mol. The van der Waals surface area contributed by atoms with Crippen LogP contribution in [0.1, 0.15) is 26.3 Å². The van der Waals surface area contributed by atoms with Crippen LogP contribution in [0.2, 0.25) is 5.02 Å². The van der Waals surface area contributed by atoms with E-state index in [0.29, 0.717) is 6.54 Å². The second-order valence-corrected chi connectivity index (χ2v) is 5.81. The third kappa shape index (κ3) is 3.74. The highest BCUT2D eigenvalue weighted by molar-refractivity contribution is 9.10. The maximum atomic E-state index is 9.57. The van der Waals surface area contributed by atoms with E-state index in [0.717, 1.165) is 15.1 Å². The molecule has 0 fully saturated rings. The van der Waals surface area contributed by atoms with E-state index in [4.69, 9.17) is 11.6 Å². The van der Waals surface area contributed by atoms with E-state index in [1.165, 1.54) is 0 Å². The van der Waals surface area contributed by atoms with Gasteiger partial charge in [-0.25, -0.2) is 0 Å². The molecule has 16 heavy (non-hydrogen) atoms. The zero-order valence-corrected chi connectivity index (χ0v) is 12.1. The molecule has 0 aliphatic rings. The lowest BCUT2D eigenvalue weighted by molar-refractivity contribution is 0.0956. The highest BCUT2D eigenvalue weighted by Crippen LogP contribution is 2.22. The number of benzene rings is 1. The second kappa shape index (κ2) is 5.50. The van der Waals surface area contributed by atoms with Crippen LogP contribution in [0.3, 0.4) is 0 Å². The fraction of sp³-hybridized carbons (Fsp3) is 0.500. The number of nitrogens with one attached hydrogen (secondary N) is 1. The Morgan fingerprint density at radius 3 is 2.62 bits per heavy atom. The smallest absolute Gasteiger partial charge is 0.0688 e. The van der Waals surface area contributed by atoms with E-state index in [2.05, 4.69) is 21.2 Å². The molecule has 0 amide bonds. The van der Waals surface area contributed by atoms with E-state index in [9.17, 15) is 5.11 Å². The van der Waals surface area contributed by atoms with Gasteiger partial charge in [0.25, 0.3) is 0 Å². The first-order chi connectivity index (χ1) is 7.33. The zero-order chi connectivity index (χ0) is 12.3. The van der Waals surface area contributed by atoms with Crippen LogP contribution in [0, 0.1) is 0 Å². The summed E-state index contributed by atoms with van der Waals surface area (Å²) in [4.78, 5) is 0. The van der Waals surface area contributed by atoms with E-state index in [-0.39, 0.29) is 5.54 Å². The van der Waals surface area contributed by atoms with E-state index < -0.39 is 6.10 Å². The van der Waals surface area contributed by atoms with Crippen LogP contribution in [0.25, 0.3) is 0 Å². The molecule has 4 heteroatoms. The quantitative estimate of drug-likeness (QED) is 0.894. The second-order valence-electron chi connectivity index (χ2n) is 4.49. The summed E-state index contributed by atoms with van der Waals surface area (Å²) in [6.45, 7) is 6.34. The summed E-state index contributed by atoms with van der Waals surface area (Å²) >= 11 is 9.47. The van der Waals surface area contributed by atoms with Gasteiger partial charge in [0, 0.05) is 21.6 Å². The summed E-state index contributed by atoms with van der Waals surface area (Å²) < 4.78 is 0.969. The van der Waals surface area contributed by atoms with E-state index >= 15 is 0 Å². The number of aliphatic hydroxyl groups excluding tert-OH is 1. The first kappa shape index (κ1) is 14.0. The third-order valence-corrected chi connectivity index (χ3v) is 3.64. The minimum absolute atomic E-state index is 0.323. The molecule has 1 unspecified atom stereocenters. The summed E-state index contributed by atoms with van der Waals surface area (Å²) in [6.07, 6.45) is -0.415. The van der Waals surface area contributed by atoms with Crippen LogP contribution < -0.4 is 5.32 Å². The van der Waals surface area contributed by atoms with Gasteiger partial charge in [-0.2, -0.15) is 0 Å². The standard InChI is InChI=1S/C12H17BrClNO/c1-8(16)12(2,3)15-7-9-4-5-10(13)6-11(9)14/h4-6,8,15-16H,7H2,1-3H3. The Labute approximate surface area is 110 Å². The van der Waals surface area contributed by atoms with Crippen molar-refractivity contribution in [1.29, 1.82) is 0 Å². The fourth-order valence-electron chi connectivity index (χ4n) is 1.14. The summed E-state index contributed by atoms with van der Waals surface area (Å²) in [5.74, 6) is 0. The minimum atomic E-state index is -0.415. The highest BCUT2D eigenvalue weighted by atomic mass is 79.9. The predicted octanol–water partition coefficient (Wildman–Crippen LogP) is 3.35. The molecule has 90 valence electrons. The van der Waals surface area contributed by atoms with Crippen molar-refractivity contribution >= 4 is 27.5 Å². The van der Waals surface area contributed by atoms with Crippen molar-refractivity contribution in [3.05, 3.63) is 33.3 Å². The Morgan fingerprint density at radius 1 is 1.50 bits per heavy atom. The SMILES string of the molecule is CC(O)C(C)(C)NCc1ccc(Br)cc1Cl. The summed E-state index contributed by atoms with van der Waals surface area (Å²) in [5, 5.41) is 13.6. The van der Waals surface area contributed by atoms with Crippen LogP contribution in [0.4, 0.5) is 0 Å². The fourth-order valence-corrected chi connectivity index (χ4v) is 1.88. The number of aliphatic hydroxyl groups is 1. The average Bonchev–Trinajstić information content (AvgIpc) is 2.16. The maximum Gasteiger partial charge on any atom is 0.0688 e. The molecule has 0 heterocycles. The van der Waals surface area contributed by atoms with Crippen LogP contribution in [-0.2, 0) is 6.54 Å². The van der Waals surface area contributed by atoms with Crippen molar-refractivity contribution in [2.75, 3.05) is 0 Å². The molecule has 0 bridgehead atoms. The van der Waals surface area contributed by atoms with Gasteiger partial charge >= 0.3 is 0 Å². The molecule has 0 saturated heterocycles. The van der Waals surface area contributed by atoms with Crippen molar-refractivity contribution in [1.82, 2.24) is 5.32 Å². The van der Waals surface area contributed by atoms with Crippen molar-refractivity contribution in [2.45, 2.75) is 39.0 Å². The van der Waals surface area contributed by atoms with Crippen LogP contribution in [0.15, 0.2) is 22.7 Å². The molecular weight excluding hydrogens is 289 g/mol. The molecule has 1 atom stereocenters. The monoisotopic (exact) mass is 305 g/mol. The van der Waals surface area contributed by atoms with Gasteiger partial charge in [-0.05, 0) is 38.5 Å². The van der Waals surface area contributed by atoms with Gasteiger partial charge in [-0.1, -0.05) is 33.6 Å². The Kier molecular flexibility index (Phi) is 4.80. The average molecular weight is 307 g/mol. The normalized spacial score (nSPS) is 13.9. The molecule has 0 saturated carbocycles. The van der Waals surface area contributed by atoms with Gasteiger partial charge in [0.15, 0.2) is 0 Å². The van der Waals surface area contributed by atoms with Crippen molar-refractivity contribution < 1.29 is 5.11 Å². The first-order valence-corrected chi connectivity index (χ1v) is 6.37. The first-order valence-electron chi connectivity index (χ1n) is 5.20. The van der Waals surface area contributed by atoms with E-state index in [1.807, 2.05) is 32.0 Å². The van der Waals surface area contributed by atoms with Gasteiger partial charge in [0.05, 0.1) is 6.10 Å². The lowest BCUT2D eigenvalue weighted by Crippen LogP contribution is -2.47. The highest BCUT2D eigenvalue weighted by Gasteiger charge is 2.23. The van der Waals surface area contributed by atoms with Crippen molar-refractivity contribution in [3.63, 3.8) is 0 Å². The molecule has 2 nitrogen and oxygen atoms in total. The summed E-state index contributed by atoms with van der Waals surface area (Å²) in [7, 11) is 0. The van der Waals surface area contributed by atoms with Gasteiger partial charge < -0.3 is 10.4 Å². The molecule has 1 aromatic carbocycles. The number of hydrogen-bond donors (Lipinski definition) is 2.